The van der Waals surface area contributed by atoms with Crippen LogP contribution in [0.15, 0.2) is 48.5 Å². The number of rotatable bonds is 5. The SMILES string of the molecule is COc1ccc2nc(C)cc(N3CC(CNC(=O)c4ccc(Cl)cc4)OC3=O)c2c1. The molecule has 1 N–H and O–H groups in total. The first kappa shape index (κ1) is 20.0. The van der Waals surface area contributed by atoms with Crippen molar-refractivity contribution in [1.82, 2.24) is 10.3 Å². The van der Waals surface area contributed by atoms with Crippen molar-refractivity contribution in [3.63, 3.8) is 0 Å². The molecule has 2 amide bonds. The maximum atomic E-state index is 12.6. The normalized spacial score (nSPS) is 15.9. The summed E-state index contributed by atoms with van der Waals surface area (Å²) in [5.74, 6) is 0.421. The van der Waals surface area contributed by atoms with Crippen molar-refractivity contribution in [1.29, 1.82) is 0 Å². The van der Waals surface area contributed by atoms with E-state index >= 15 is 0 Å². The van der Waals surface area contributed by atoms with E-state index in [0.717, 1.165) is 16.6 Å². The molecule has 2 aromatic carbocycles. The third kappa shape index (κ3) is 4.02. The van der Waals surface area contributed by atoms with E-state index in [-0.39, 0.29) is 12.5 Å². The molecular formula is C22H20ClN3O4. The van der Waals surface area contributed by atoms with Crippen LogP contribution in [0.3, 0.4) is 0 Å². The summed E-state index contributed by atoms with van der Waals surface area (Å²) < 4.78 is 10.8. The quantitative estimate of drug-likeness (QED) is 0.669. The fourth-order valence-electron chi connectivity index (χ4n) is 3.40. The number of nitrogens with zero attached hydrogens (tertiary/aromatic N) is 2. The molecule has 1 aliphatic heterocycles. The van der Waals surface area contributed by atoms with E-state index in [1.165, 1.54) is 0 Å². The van der Waals surface area contributed by atoms with Crippen LogP contribution in [-0.4, -0.2) is 43.3 Å². The van der Waals surface area contributed by atoms with Gasteiger partial charge in [0.1, 0.15) is 11.9 Å². The predicted octanol–water partition coefficient (Wildman–Crippen LogP) is 3.96. The van der Waals surface area contributed by atoms with Crippen LogP contribution in [0.4, 0.5) is 10.5 Å². The van der Waals surface area contributed by atoms with Crippen molar-refractivity contribution < 1.29 is 19.1 Å². The fourth-order valence-corrected chi connectivity index (χ4v) is 3.53. The van der Waals surface area contributed by atoms with Gasteiger partial charge in [0.2, 0.25) is 0 Å². The van der Waals surface area contributed by atoms with E-state index < -0.39 is 12.2 Å². The smallest absolute Gasteiger partial charge is 0.414 e. The first-order valence-corrected chi connectivity index (χ1v) is 9.79. The number of halogens is 1. The summed E-state index contributed by atoms with van der Waals surface area (Å²) in [6.07, 6.45) is -0.932. The first-order valence-electron chi connectivity index (χ1n) is 9.42. The lowest BCUT2D eigenvalue weighted by Gasteiger charge is -2.17. The number of pyridine rings is 1. The summed E-state index contributed by atoms with van der Waals surface area (Å²) in [5, 5.41) is 4.15. The second kappa shape index (κ2) is 8.20. The van der Waals surface area contributed by atoms with Gasteiger partial charge >= 0.3 is 6.09 Å². The van der Waals surface area contributed by atoms with Crippen LogP contribution in [0.2, 0.25) is 5.02 Å². The van der Waals surface area contributed by atoms with Gasteiger partial charge in [0.25, 0.3) is 5.91 Å². The molecule has 0 aliphatic carbocycles. The summed E-state index contributed by atoms with van der Waals surface area (Å²) in [4.78, 5) is 31.0. The van der Waals surface area contributed by atoms with Gasteiger partial charge in [-0.2, -0.15) is 0 Å². The Bertz CT molecular complexity index is 1120. The molecule has 1 saturated heterocycles. The number of methoxy groups -OCH3 is 1. The Hall–Kier alpha value is -3.32. The first-order chi connectivity index (χ1) is 14.4. The third-order valence-electron chi connectivity index (χ3n) is 4.88. The van der Waals surface area contributed by atoms with Crippen LogP contribution in [0.5, 0.6) is 5.75 Å². The minimum Gasteiger partial charge on any atom is -0.497 e. The number of carbonyl (C=O) groups excluding carboxylic acids is 2. The number of anilines is 1. The highest BCUT2D eigenvalue weighted by atomic mass is 35.5. The van der Waals surface area contributed by atoms with Gasteiger partial charge in [0, 0.05) is 21.7 Å². The van der Waals surface area contributed by atoms with Gasteiger partial charge in [-0.05, 0) is 55.5 Å². The van der Waals surface area contributed by atoms with Crippen LogP contribution in [-0.2, 0) is 4.74 Å². The highest BCUT2D eigenvalue weighted by Gasteiger charge is 2.33. The molecule has 7 nitrogen and oxygen atoms in total. The number of hydrogen-bond acceptors (Lipinski definition) is 5. The number of nitrogens with one attached hydrogen (secondary N) is 1. The third-order valence-corrected chi connectivity index (χ3v) is 5.14. The molecule has 0 spiro atoms. The Morgan fingerprint density at radius 2 is 2.03 bits per heavy atom. The number of benzene rings is 2. The van der Waals surface area contributed by atoms with Crippen molar-refractivity contribution in [2.75, 3.05) is 25.1 Å². The number of cyclic esters (lactones) is 1. The Morgan fingerprint density at radius 3 is 2.77 bits per heavy atom. The van der Waals surface area contributed by atoms with Crippen LogP contribution in [0.1, 0.15) is 16.1 Å². The number of ether oxygens (including phenoxy) is 2. The van der Waals surface area contributed by atoms with Gasteiger partial charge in [0.05, 0.1) is 31.4 Å². The molecule has 30 heavy (non-hydrogen) atoms. The lowest BCUT2D eigenvalue weighted by atomic mass is 10.1. The van der Waals surface area contributed by atoms with Gasteiger partial charge < -0.3 is 14.8 Å². The van der Waals surface area contributed by atoms with E-state index in [4.69, 9.17) is 21.1 Å². The molecule has 1 aromatic heterocycles. The molecule has 0 radical (unpaired) electrons. The van der Waals surface area contributed by atoms with Crippen LogP contribution >= 0.6 is 11.6 Å². The van der Waals surface area contributed by atoms with Gasteiger partial charge in [-0.25, -0.2) is 4.79 Å². The summed E-state index contributed by atoms with van der Waals surface area (Å²) in [6.45, 7) is 2.39. The molecule has 0 bridgehead atoms. The van der Waals surface area contributed by atoms with Crippen LogP contribution in [0, 0.1) is 6.92 Å². The zero-order valence-electron chi connectivity index (χ0n) is 16.5. The molecule has 2 heterocycles. The van der Waals surface area contributed by atoms with Crippen LogP contribution in [0.25, 0.3) is 10.9 Å². The standard InChI is InChI=1S/C22H20ClN3O4/c1-13-9-20(18-10-16(29-2)7-8-19(18)25-13)26-12-17(30-22(26)28)11-24-21(27)14-3-5-15(23)6-4-14/h3-10,17H,11-12H2,1-2H3,(H,24,27). The van der Waals surface area contributed by atoms with Gasteiger partial charge in [0.15, 0.2) is 0 Å². The molecule has 1 aliphatic rings. The molecule has 3 aromatic rings. The van der Waals surface area contributed by atoms with E-state index in [9.17, 15) is 9.59 Å². The van der Waals surface area contributed by atoms with Crippen molar-refractivity contribution in [2.24, 2.45) is 0 Å². The molecule has 1 unspecified atom stereocenters. The Kier molecular flexibility index (Phi) is 5.46. The largest absolute Gasteiger partial charge is 0.497 e. The minimum atomic E-state index is -0.470. The zero-order chi connectivity index (χ0) is 21.3. The number of amides is 2. The molecule has 4 rings (SSSR count). The molecule has 0 saturated carbocycles. The second-order valence-corrected chi connectivity index (χ2v) is 7.44. The fraction of sp³-hybridized carbons (Fsp3) is 0.227. The van der Waals surface area contributed by atoms with E-state index in [1.54, 1.807) is 36.3 Å². The van der Waals surface area contributed by atoms with E-state index in [2.05, 4.69) is 10.3 Å². The Labute approximate surface area is 178 Å². The Balaban J connectivity index is 1.51. The van der Waals surface area contributed by atoms with Crippen molar-refractivity contribution in [3.8, 4) is 5.75 Å². The van der Waals surface area contributed by atoms with Gasteiger partial charge in [-0.15, -0.1) is 0 Å². The van der Waals surface area contributed by atoms with Crippen molar-refractivity contribution in [2.45, 2.75) is 13.0 Å². The number of carbonyl (C=O) groups is 2. The average Bonchev–Trinajstić information content (AvgIpc) is 3.12. The number of aromatic nitrogens is 1. The minimum absolute atomic E-state index is 0.203. The van der Waals surface area contributed by atoms with Gasteiger partial charge in [-0.3, -0.25) is 14.7 Å². The summed E-state index contributed by atoms with van der Waals surface area (Å²) in [6, 6.07) is 14.0. The van der Waals surface area contributed by atoms with E-state index in [0.29, 0.717) is 28.6 Å². The molecule has 8 heteroatoms. The highest BCUT2D eigenvalue weighted by Crippen LogP contribution is 2.32. The zero-order valence-corrected chi connectivity index (χ0v) is 17.3. The summed E-state index contributed by atoms with van der Waals surface area (Å²) in [7, 11) is 1.59. The predicted molar refractivity (Wildman–Crippen MR) is 114 cm³/mol. The number of fused-ring (bicyclic) bond motifs is 1. The lowest BCUT2D eigenvalue weighted by molar-refractivity contribution is 0.0916. The average molecular weight is 426 g/mol. The van der Waals surface area contributed by atoms with Crippen molar-refractivity contribution >= 4 is 40.2 Å². The van der Waals surface area contributed by atoms with E-state index in [1.807, 2.05) is 31.2 Å². The maximum absolute atomic E-state index is 12.6. The second-order valence-electron chi connectivity index (χ2n) is 7.00. The molecule has 1 atom stereocenters. The topological polar surface area (TPSA) is 80.8 Å². The monoisotopic (exact) mass is 425 g/mol. The van der Waals surface area contributed by atoms with Crippen molar-refractivity contribution in [3.05, 3.63) is 64.8 Å². The summed E-state index contributed by atoms with van der Waals surface area (Å²) >= 11 is 5.85. The lowest BCUT2D eigenvalue weighted by Crippen LogP contribution is -2.34. The molecular weight excluding hydrogens is 406 g/mol. The highest BCUT2D eigenvalue weighted by molar-refractivity contribution is 6.30. The molecule has 1 fully saturated rings. The number of hydrogen-bond donors (Lipinski definition) is 1. The molecule has 154 valence electrons. The maximum Gasteiger partial charge on any atom is 0.414 e. The Morgan fingerprint density at radius 1 is 1.27 bits per heavy atom. The summed E-state index contributed by atoms with van der Waals surface area (Å²) in [5.41, 5.74) is 2.74. The number of aryl methyl sites for hydroxylation is 1. The van der Waals surface area contributed by atoms with Crippen LogP contribution < -0.4 is 15.0 Å². The van der Waals surface area contributed by atoms with Gasteiger partial charge in [-0.1, -0.05) is 11.6 Å².